The highest BCUT2D eigenvalue weighted by Gasteiger charge is 2.34. The number of nitrogens with zero attached hydrogens (tertiary/aromatic N) is 1. The first-order valence-corrected chi connectivity index (χ1v) is 5.76. The molecule has 1 rings (SSSR count). The van der Waals surface area contributed by atoms with E-state index < -0.39 is 0 Å². The molecule has 0 aromatic carbocycles. The Kier molecular flexibility index (Phi) is 4.35. The minimum Gasteiger partial charge on any atom is -0.390 e. The molecule has 14 heavy (non-hydrogen) atoms. The average molecular weight is 200 g/mol. The Labute approximate surface area is 87.3 Å². The lowest BCUT2D eigenvalue weighted by Crippen LogP contribution is -2.36. The molecule has 1 fully saturated rings. The van der Waals surface area contributed by atoms with Crippen LogP contribution >= 0.6 is 0 Å². The summed E-state index contributed by atoms with van der Waals surface area (Å²) in [6, 6.07) is 0. The molecule has 1 saturated heterocycles. The summed E-state index contributed by atoms with van der Waals surface area (Å²) in [6.07, 6.45) is 3.42. The predicted octanol–water partition coefficient (Wildman–Crippen LogP) is 0.818. The minimum absolute atomic E-state index is 0.348. The fourth-order valence-electron chi connectivity index (χ4n) is 2.38. The molecule has 1 unspecified atom stereocenters. The van der Waals surface area contributed by atoms with E-state index in [-0.39, 0.29) is 6.10 Å². The van der Waals surface area contributed by atoms with Crippen LogP contribution in [0, 0.1) is 5.41 Å². The highest BCUT2D eigenvalue weighted by molar-refractivity contribution is 4.88. The number of nitrogens with two attached hydrogens (primary N) is 1. The van der Waals surface area contributed by atoms with Crippen LogP contribution in [0.1, 0.15) is 33.1 Å². The van der Waals surface area contributed by atoms with Crippen LogP contribution in [0.2, 0.25) is 0 Å². The maximum Gasteiger partial charge on any atom is 0.0789 e. The lowest BCUT2D eigenvalue weighted by Gasteiger charge is -2.27. The van der Waals surface area contributed by atoms with Gasteiger partial charge in [-0.05, 0) is 31.2 Å². The van der Waals surface area contributed by atoms with Crippen molar-refractivity contribution in [1.82, 2.24) is 4.90 Å². The lowest BCUT2D eigenvalue weighted by atomic mass is 9.82. The van der Waals surface area contributed by atoms with Crippen LogP contribution in [0.3, 0.4) is 0 Å². The monoisotopic (exact) mass is 200 g/mol. The highest BCUT2D eigenvalue weighted by atomic mass is 16.3. The number of likely N-dealkylation sites (tertiary alicyclic amines) is 1. The van der Waals surface area contributed by atoms with Gasteiger partial charge in [-0.3, -0.25) is 0 Å². The minimum atomic E-state index is -0.348. The van der Waals surface area contributed by atoms with Crippen LogP contribution in [-0.2, 0) is 0 Å². The van der Waals surface area contributed by atoms with Crippen molar-refractivity contribution in [3.05, 3.63) is 0 Å². The second kappa shape index (κ2) is 5.10. The van der Waals surface area contributed by atoms with Gasteiger partial charge in [-0.2, -0.15) is 0 Å². The molecule has 1 atom stereocenters. The largest absolute Gasteiger partial charge is 0.390 e. The molecule has 3 nitrogen and oxygen atoms in total. The SMILES string of the molecule is CCC1(CC)CCN(CC(O)CN)C1. The number of hydrogen-bond acceptors (Lipinski definition) is 3. The van der Waals surface area contributed by atoms with E-state index in [1.807, 2.05) is 0 Å². The molecule has 3 N–H and O–H groups in total. The summed E-state index contributed by atoms with van der Waals surface area (Å²) in [5.41, 5.74) is 5.91. The number of β-amino-alcohol motifs (C(OH)–C–C–N with tert-alkyl or cyclic N) is 1. The van der Waals surface area contributed by atoms with Crippen molar-refractivity contribution < 1.29 is 5.11 Å². The number of hydrogen-bond donors (Lipinski definition) is 2. The van der Waals surface area contributed by atoms with E-state index in [1.54, 1.807) is 0 Å². The second-order valence-electron chi connectivity index (χ2n) is 4.58. The molecule has 1 aliphatic heterocycles. The zero-order valence-corrected chi connectivity index (χ0v) is 9.50. The first-order valence-electron chi connectivity index (χ1n) is 5.76. The molecule has 1 heterocycles. The third-order valence-electron chi connectivity index (χ3n) is 3.76. The first kappa shape index (κ1) is 12.0. The van der Waals surface area contributed by atoms with Gasteiger partial charge >= 0.3 is 0 Å². The van der Waals surface area contributed by atoms with Crippen LogP contribution in [-0.4, -0.2) is 42.3 Å². The van der Waals surface area contributed by atoms with Gasteiger partial charge in [-0.25, -0.2) is 0 Å². The van der Waals surface area contributed by atoms with Crippen molar-refractivity contribution in [2.45, 2.75) is 39.2 Å². The van der Waals surface area contributed by atoms with Crippen molar-refractivity contribution in [3.63, 3.8) is 0 Å². The number of rotatable bonds is 5. The van der Waals surface area contributed by atoms with Crippen molar-refractivity contribution >= 4 is 0 Å². The summed E-state index contributed by atoms with van der Waals surface area (Å²) in [5, 5.41) is 9.47. The average Bonchev–Trinajstić information content (AvgIpc) is 2.62. The van der Waals surface area contributed by atoms with Gasteiger partial charge in [0.2, 0.25) is 0 Å². The molecule has 3 heteroatoms. The van der Waals surface area contributed by atoms with Crippen molar-refractivity contribution in [1.29, 1.82) is 0 Å². The van der Waals surface area contributed by atoms with Gasteiger partial charge in [-0.1, -0.05) is 13.8 Å². The third kappa shape index (κ3) is 2.69. The molecule has 0 spiro atoms. The highest BCUT2D eigenvalue weighted by Crippen LogP contribution is 2.36. The van der Waals surface area contributed by atoms with Gasteiger partial charge in [0, 0.05) is 19.6 Å². The summed E-state index contributed by atoms with van der Waals surface area (Å²) in [6.45, 7) is 7.93. The molecule has 0 aromatic rings. The van der Waals surface area contributed by atoms with Crippen molar-refractivity contribution in [2.75, 3.05) is 26.2 Å². The molecule has 84 valence electrons. The maximum atomic E-state index is 9.47. The molecule has 0 saturated carbocycles. The Morgan fingerprint density at radius 3 is 2.50 bits per heavy atom. The van der Waals surface area contributed by atoms with Gasteiger partial charge in [0.25, 0.3) is 0 Å². The van der Waals surface area contributed by atoms with E-state index in [9.17, 15) is 5.11 Å². The van der Waals surface area contributed by atoms with Gasteiger partial charge in [-0.15, -0.1) is 0 Å². The van der Waals surface area contributed by atoms with E-state index in [2.05, 4.69) is 18.7 Å². The molecule has 0 amide bonds. The van der Waals surface area contributed by atoms with Gasteiger partial charge in [0.15, 0.2) is 0 Å². The fraction of sp³-hybridized carbons (Fsp3) is 1.00. The Balaban J connectivity index is 2.40. The van der Waals surface area contributed by atoms with Crippen molar-refractivity contribution in [2.24, 2.45) is 11.1 Å². The first-order chi connectivity index (χ1) is 6.65. The molecule has 0 bridgehead atoms. The zero-order valence-electron chi connectivity index (χ0n) is 9.50. The molecule has 0 radical (unpaired) electrons. The standard InChI is InChI=1S/C11H24N2O/c1-3-11(4-2)5-6-13(9-11)8-10(14)7-12/h10,14H,3-9,12H2,1-2H3. The Hall–Kier alpha value is -0.120. The summed E-state index contributed by atoms with van der Waals surface area (Å²) in [4.78, 5) is 2.35. The third-order valence-corrected chi connectivity index (χ3v) is 3.76. The van der Waals surface area contributed by atoms with Crippen LogP contribution in [0.4, 0.5) is 0 Å². The summed E-state index contributed by atoms with van der Waals surface area (Å²) < 4.78 is 0. The Bertz CT molecular complexity index is 169. The van der Waals surface area contributed by atoms with Crippen LogP contribution < -0.4 is 5.73 Å². The topological polar surface area (TPSA) is 49.5 Å². The summed E-state index contributed by atoms with van der Waals surface area (Å²) in [7, 11) is 0. The molecule has 1 aliphatic rings. The second-order valence-corrected chi connectivity index (χ2v) is 4.58. The molecular formula is C11H24N2O. The zero-order chi connectivity index (χ0) is 10.6. The van der Waals surface area contributed by atoms with E-state index in [1.165, 1.54) is 19.3 Å². The van der Waals surface area contributed by atoms with E-state index in [0.717, 1.165) is 19.6 Å². The summed E-state index contributed by atoms with van der Waals surface area (Å²) >= 11 is 0. The quantitative estimate of drug-likeness (QED) is 0.691. The van der Waals surface area contributed by atoms with Gasteiger partial charge in [0.1, 0.15) is 0 Å². The van der Waals surface area contributed by atoms with Crippen LogP contribution in [0.15, 0.2) is 0 Å². The van der Waals surface area contributed by atoms with Crippen LogP contribution in [0.25, 0.3) is 0 Å². The lowest BCUT2D eigenvalue weighted by molar-refractivity contribution is 0.122. The normalized spacial score (nSPS) is 24.0. The Morgan fingerprint density at radius 1 is 1.43 bits per heavy atom. The van der Waals surface area contributed by atoms with E-state index in [0.29, 0.717) is 12.0 Å². The van der Waals surface area contributed by atoms with E-state index in [4.69, 9.17) is 5.73 Å². The predicted molar refractivity (Wildman–Crippen MR) is 59.1 cm³/mol. The van der Waals surface area contributed by atoms with Gasteiger partial charge in [0.05, 0.1) is 6.10 Å². The smallest absolute Gasteiger partial charge is 0.0789 e. The maximum absolute atomic E-state index is 9.47. The molecule has 0 aromatic heterocycles. The Morgan fingerprint density at radius 2 is 2.07 bits per heavy atom. The molecular weight excluding hydrogens is 176 g/mol. The van der Waals surface area contributed by atoms with Crippen LogP contribution in [0.5, 0.6) is 0 Å². The van der Waals surface area contributed by atoms with E-state index >= 15 is 0 Å². The number of aliphatic hydroxyl groups is 1. The molecule has 0 aliphatic carbocycles. The summed E-state index contributed by atoms with van der Waals surface area (Å²) in [5.74, 6) is 0. The van der Waals surface area contributed by atoms with Crippen molar-refractivity contribution in [3.8, 4) is 0 Å². The van der Waals surface area contributed by atoms with Gasteiger partial charge < -0.3 is 15.7 Å². The number of aliphatic hydroxyl groups excluding tert-OH is 1. The fourth-order valence-corrected chi connectivity index (χ4v) is 2.38.